The molecular formula is C46H52F3N4O11P. The first-order valence-corrected chi connectivity index (χ1v) is 22.0. The summed E-state index contributed by atoms with van der Waals surface area (Å²) in [5.41, 5.74) is -4.22. The minimum Gasteiger partial charge on any atom is -0.497 e. The number of methoxy groups -OCH3 is 2. The number of fused-ring (bicyclic) bond motifs is 2. The molecule has 19 heteroatoms. The number of aryl methyl sites for hydroxylation is 1. The van der Waals surface area contributed by atoms with E-state index in [0.717, 1.165) is 17.7 Å². The Morgan fingerprint density at radius 3 is 1.95 bits per heavy atom. The zero-order chi connectivity index (χ0) is 47.4. The Morgan fingerprint density at radius 1 is 0.908 bits per heavy atom. The van der Waals surface area contributed by atoms with Gasteiger partial charge in [-0.15, -0.1) is 0 Å². The molecule has 6 rings (SSSR count). The van der Waals surface area contributed by atoms with Crippen molar-refractivity contribution in [1.29, 1.82) is 5.26 Å². The van der Waals surface area contributed by atoms with E-state index in [-0.39, 0.29) is 30.7 Å². The summed E-state index contributed by atoms with van der Waals surface area (Å²) >= 11 is 0. The average Bonchev–Trinajstić information content (AvgIpc) is 3.70. The molecule has 4 aromatic rings. The van der Waals surface area contributed by atoms with Crippen LogP contribution in [0.5, 0.6) is 11.5 Å². The number of H-pyrrole nitrogens is 1. The molecule has 1 aliphatic heterocycles. The van der Waals surface area contributed by atoms with Crippen molar-refractivity contribution in [3.63, 3.8) is 0 Å². The molecule has 65 heavy (non-hydrogen) atoms. The predicted molar refractivity (Wildman–Crippen MR) is 231 cm³/mol. The zero-order valence-corrected chi connectivity index (χ0v) is 38.1. The maximum absolute atomic E-state index is 15.1. The van der Waals surface area contributed by atoms with Gasteiger partial charge in [0.15, 0.2) is 5.60 Å². The Labute approximate surface area is 375 Å². The Balaban J connectivity index is 1.68. The number of carbonyl (C=O) groups excluding carboxylic acids is 2. The van der Waals surface area contributed by atoms with Crippen molar-refractivity contribution in [2.45, 2.75) is 95.9 Å². The van der Waals surface area contributed by atoms with Gasteiger partial charge in [-0.3, -0.25) is 23.9 Å². The molecule has 2 bridgehead atoms. The molecular weight excluding hydrogens is 872 g/mol. The third kappa shape index (κ3) is 9.63. The lowest BCUT2D eigenvalue weighted by Crippen LogP contribution is -2.58. The van der Waals surface area contributed by atoms with Gasteiger partial charge in [-0.05, 0) is 75.6 Å². The molecule has 1 aliphatic carbocycles. The number of benzene rings is 3. The van der Waals surface area contributed by atoms with Crippen LogP contribution in [0.25, 0.3) is 0 Å². The largest absolute Gasteiger partial charge is 0.497 e. The summed E-state index contributed by atoms with van der Waals surface area (Å²) in [5, 5.41) is 9.48. The van der Waals surface area contributed by atoms with E-state index in [4.69, 9.17) is 32.7 Å². The van der Waals surface area contributed by atoms with Crippen LogP contribution < -0.4 is 20.7 Å². The number of nitriles is 1. The molecule has 15 nitrogen and oxygen atoms in total. The molecule has 1 saturated carbocycles. The van der Waals surface area contributed by atoms with E-state index in [1.54, 1.807) is 78.9 Å². The third-order valence-electron chi connectivity index (χ3n) is 11.6. The molecule has 0 spiro atoms. The van der Waals surface area contributed by atoms with E-state index in [0.29, 0.717) is 28.2 Å². The summed E-state index contributed by atoms with van der Waals surface area (Å²) in [6, 6.07) is 24.2. The van der Waals surface area contributed by atoms with E-state index in [9.17, 15) is 24.4 Å². The zero-order valence-electron chi connectivity index (χ0n) is 37.2. The fourth-order valence-corrected chi connectivity index (χ4v) is 10.7. The van der Waals surface area contributed by atoms with Gasteiger partial charge in [0.2, 0.25) is 5.78 Å². The number of aromatic amines is 1. The lowest BCUT2D eigenvalue weighted by atomic mass is 9.79. The van der Waals surface area contributed by atoms with Gasteiger partial charge in [-0.2, -0.15) is 18.4 Å². The van der Waals surface area contributed by atoms with Gasteiger partial charge in [0, 0.05) is 36.7 Å². The number of ether oxygens (including phenoxy) is 5. The van der Waals surface area contributed by atoms with E-state index in [1.807, 2.05) is 38.4 Å². The number of hydrogen-bond acceptors (Lipinski definition) is 13. The predicted octanol–water partition coefficient (Wildman–Crippen LogP) is 7.11. The second-order valence-corrected chi connectivity index (χ2v) is 17.7. The van der Waals surface area contributed by atoms with Crippen molar-refractivity contribution < 1.29 is 55.5 Å². The molecule has 1 N–H and O–H groups in total. The molecule has 2 heterocycles. The minimum absolute atomic E-state index is 0.00367. The van der Waals surface area contributed by atoms with Crippen LogP contribution in [-0.2, 0) is 38.4 Å². The SMILES string of the molecule is COc1ccc(C(OC[C@]23O[C@@H](n4cc(C)c(=O)[nH]c4=O)C([C@H](C(=O)C(F)(F)F)[C@@H]2OC(C)=O)[C@@H]3OP(OCCC#N)N(C(C)C)C(C)C)(c2ccccc2)c2ccc(OC)cc2)cc1. The Morgan fingerprint density at radius 2 is 1.46 bits per heavy atom. The number of carbonyl (C=O) groups is 2. The molecule has 2 unspecified atom stereocenters. The van der Waals surface area contributed by atoms with Crippen LogP contribution in [-0.4, -0.2) is 89.5 Å². The van der Waals surface area contributed by atoms with Crippen molar-refractivity contribution in [1.82, 2.24) is 14.2 Å². The fraction of sp³-hybridized carbons (Fsp3) is 0.457. The summed E-state index contributed by atoms with van der Waals surface area (Å²) < 4.78 is 92.2. The number of hydrogen-bond donors (Lipinski definition) is 1. The lowest BCUT2D eigenvalue weighted by Gasteiger charge is -2.44. The quantitative estimate of drug-likeness (QED) is 0.0436. The first-order chi connectivity index (χ1) is 30.8. The van der Waals surface area contributed by atoms with Crippen molar-refractivity contribution >= 4 is 20.3 Å². The number of halogens is 3. The van der Waals surface area contributed by atoms with E-state index in [1.165, 1.54) is 21.1 Å². The number of rotatable bonds is 19. The van der Waals surface area contributed by atoms with Crippen LogP contribution in [0.1, 0.15) is 69.5 Å². The number of Topliss-reactive ketones (excluding diaryl/α,β-unsaturated/α-hetero) is 1. The maximum Gasteiger partial charge on any atom is 0.450 e. The summed E-state index contributed by atoms with van der Waals surface area (Å²) in [5.74, 6) is -6.29. The van der Waals surface area contributed by atoms with Gasteiger partial charge in [-0.25, -0.2) is 9.46 Å². The molecule has 2 fully saturated rings. The number of esters is 1. The first-order valence-electron chi connectivity index (χ1n) is 20.9. The third-order valence-corrected chi connectivity index (χ3v) is 13.7. The summed E-state index contributed by atoms with van der Waals surface area (Å²) in [4.78, 5) is 55.8. The Bertz CT molecular complexity index is 2400. The molecule has 1 aromatic heterocycles. The summed E-state index contributed by atoms with van der Waals surface area (Å²) in [6.45, 7) is 8.89. The van der Waals surface area contributed by atoms with Crippen LogP contribution >= 0.6 is 8.53 Å². The Kier molecular flexibility index (Phi) is 15.1. The van der Waals surface area contributed by atoms with Gasteiger partial charge in [0.25, 0.3) is 14.1 Å². The van der Waals surface area contributed by atoms with Gasteiger partial charge in [-0.1, -0.05) is 54.6 Å². The highest BCUT2D eigenvalue weighted by atomic mass is 31.2. The highest BCUT2D eigenvalue weighted by molar-refractivity contribution is 7.44. The molecule has 1 saturated heterocycles. The highest BCUT2D eigenvalue weighted by Crippen LogP contribution is 2.64. The average molecular weight is 925 g/mol. The molecule has 0 amide bonds. The number of alkyl halides is 3. The topological polar surface area (TPSA) is 181 Å². The minimum atomic E-state index is -5.49. The van der Waals surface area contributed by atoms with Crippen molar-refractivity contribution in [3.8, 4) is 17.6 Å². The van der Waals surface area contributed by atoms with Gasteiger partial charge < -0.3 is 32.7 Å². The monoisotopic (exact) mass is 924 g/mol. The molecule has 348 valence electrons. The van der Waals surface area contributed by atoms with Crippen molar-refractivity contribution in [3.05, 3.63) is 128 Å². The molecule has 7 atom stereocenters. The van der Waals surface area contributed by atoms with E-state index >= 15 is 13.2 Å². The van der Waals surface area contributed by atoms with Crippen LogP contribution in [0, 0.1) is 30.1 Å². The second kappa shape index (κ2) is 20.0. The first kappa shape index (κ1) is 49.0. The van der Waals surface area contributed by atoms with Gasteiger partial charge in [0.1, 0.15) is 35.5 Å². The van der Waals surface area contributed by atoms with Crippen LogP contribution in [0.3, 0.4) is 0 Å². The highest BCUT2D eigenvalue weighted by Gasteiger charge is 2.77. The van der Waals surface area contributed by atoms with Crippen LogP contribution in [0.2, 0.25) is 0 Å². The van der Waals surface area contributed by atoms with Gasteiger partial charge >= 0.3 is 17.8 Å². The maximum atomic E-state index is 15.1. The number of aromatic nitrogens is 2. The van der Waals surface area contributed by atoms with E-state index < -0.39 is 85.8 Å². The summed E-state index contributed by atoms with van der Waals surface area (Å²) in [6.07, 6.45) is -9.90. The van der Waals surface area contributed by atoms with Crippen molar-refractivity contribution in [2.75, 3.05) is 27.4 Å². The molecule has 3 aromatic carbocycles. The normalized spacial score (nSPS) is 22.3. The molecule has 2 aliphatic rings. The summed E-state index contributed by atoms with van der Waals surface area (Å²) in [7, 11) is 0.685. The van der Waals surface area contributed by atoms with E-state index in [2.05, 4.69) is 4.98 Å². The van der Waals surface area contributed by atoms with Crippen molar-refractivity contribution in [2.24, 2.45) is 11.8 Å². The van der Waals surface area contributed by atoms with Gasteiger partial charge in [0.05, 0.1) is 45.8 Å². The van der Waals surface area contributed by atoms with Crippen LogP contribution in [0.15, 0.2) is 94.6 Å². The smallest absolute Gasteiger partial charge is 0.450 e. The number of nitrogens with zero attached hydrogens (tertiary/aromatic N) is 3. The number of ketones is 1. The lowest BCUT2D eigenvalue weighted by molar-refractivity contribution is -0.238. The second-order valence-electron chi connectivity index (χ2n) is 16.3. The number of nitrogens with one attached hydrogen (secondary N) is 1. The molecule has 0 radical (unpaired) electrons. The Hall–Kier alpha value is -5.41. The fourth-order valence-electron chi connectivity index (χ4n) is 8.86. The van der Waals surface area contributed by atoms with Crippen LogP contribution in [0.4, 0.5) is 13.2 Å². The standard InChI is InChI=1S/C46H52F3N4O11P/c1-27(2)53(28(3)4)65(61-24-12-23-50)64-40-37-36(38(55)46(47,48)49)39(62-30(6)54)44(40,63-42(37)52-25-29(5)41(56)51-43(52)57)26-60-45(31-13-10-9-11-14-31,32-15-19-34(58-7)20-16-32)33-17-21-35(59-8)22-18-33/h9-11,13-22,25,27-28,36-37,39-40,42H,12,24,26H2,1-8H3,(H,51,56,57)/t36-,37?,39+,40+,42-,44+,65?/m1/s1.